The average Bonchev–Trinajstić information content (AvgIpc) is 3.15. The van der Waals surface area contributed by atoms with E-state index in [0.29, 0.717) is 13.1 Å². The van der Waals surface area contributed by atoms with Gasteiger partial charge in [0.1, 0.15) is 12.4 Å². The predicted molar refractivity (Wildman–Crippen MR) is 98.7 cm³/mol. The van der Waals surface area contributed by atoms with E-state index >= 15 is 0 Å². The Bertz CT molecular complexity index is 1030. The summed E-state index contributed by atoms with van der Waals surface area (Å²) in [7, 11) is -3.72. The van der Waals surface area contributed by atoms with Crippen molar-refractivity contribution in [2.75, 3.05) is 18.4 Å². The van der Waals surface area contributed by atoms with Gasteiger partial charge in [0.2, 0.25) is 15.9 Å². The van der Waals surface area contributed by atoms with Gasteiger partial charge in [0.15, 0.2) is 0 Å². The zero-order valence-corrected chi connectivity index (χ0v) is 15.8. The molecule has 2 heterocycles. The van der Waals surface area contributed by atoms with Crippen LogP contribution < -0.4 is 10.9 Å². The van der Waals surface area contributed by atoms with Gasteiger partial charge in [0.05, 0.1) is 10.6 Å². The molecule has 1 aromatic carbocycles. The van der Waals surface area contributed by atoms with E-state index < -0.39 is 33.9 Å². The van der Waals surface area contributed by atoms with Crippen molar-refractivity contribution in [2.24, 2.45) is 0 Å². The Morgan fingerprint density at radius 3 is 2.59 bits per heavy atom. The number of rotatable bonds is 5. The summed E-state index contributed by atoms with van der Waals surface area (Å²) in [6, 6.07) is 6.00. The number of nitrogens with zero attached hydrogens (tertiary/aromatic N) is 2. The Balaban J connectivity index is 1.81. The zero-order valence-electron chi connectivity index (χ0n) is 14.2. The van der Waals surface area contributed by atoms with Gasteiger partial charge >= 0.3 is 0 Å². The molecule has 2 aromatic rings. The predicted octanol–water partition coefficient (Wildman–Crippen LogP) is 2.06. The summed E-state index contributed by atoms with van der Waals surface area (Å²) < 4.78 is 41.2. The maximum absolute atomic E-state index is 13.7. The van der Waals surface area contributed by atoms with Crippen molar-refractivity contribution >= 4 is 33.2 Å². The second kappa shape index (κ2) is 7.79. The third kappa shape index (κ3) is 4.37. The fourth-order valence-electron chi connectivity index (χ4n) is 2.80. The minimum Gasteiger partial charge on any atom is -0.322 e. The van der Waals surface area contributed by atoms with E-state index in [1.807, 2.05) is 0 Å². The molecule has 1 aliphatic rings. The quantitative estimate of drug-likeness (QED) is 0.812. The van der Waals surface area contributed by atoms with Gasteiger partial charge in [-0.3, -0.25) is 9.59 Å². The molecule has 1 saturated heterocycles. The van der Waals surface area contributed by atoms with Crippen LogP contribution in [0.1, 0.15) is 12.8 Å². The number of halogens is 2. The molecule has 0 bridgehead atoms. The van der Waals surface area contributed by atoms with Crippen LogP contribution in [0.25, 0.3) is 0 Å². The van der Waals surface area contributed by atoms with Crippen molar-refractivity contribution < 1.29 is 17.6 Å². The summed E-state index contributed by atoms with van der Waals surface area (Å²) in [6.07, 6.45) is 2.70. The van der Waals surface area contributed by atoms with Crippen LogP contribution in [0.5, 0.6) is 0 Å². The monoisotopic (exact) mass is 413 g/mol. The van der Waals surface area contributed by atoms with Gasteiger partial charge in [-0.05, 0) is 37.1 Å². The van der Waals surface area contributed by atoms with Crippen molar-refractivity contribution in [3.05, 3.63) is 57.7 Å². The Morgan fingerprint density at radius 2 is 1.89 bits per heavy atom. The molecular weight excluding hydrogens is 397 g/mol. The van der Waals surface area contributed by atoms with Crippen LogP contribution >= 0.6 is 11.6 Å². The molecule has 27 heavy (non-hydrogen) atoms. The van der Waals surface area contributed by atoms with E-state index in [9.17, 15) is 22.4 Å². The van der Waals surface area contributed by atoms with Crippen molar-refractivity contribution in [2.45, 2.75) is 24.3 Å². The van der Waals surface area contributed by atoms with E-state index in [-0.39, 0.29) is 15.6 Å². The van der Waals surface area contributed by atoms with Crippen molar-refractivity contribution in [3.63, 3.8) is 0 Å². The standard InChI is InChI=1S/C17H17ClFN3O4S/c18-12-3-5-14(19)15(9-12)20-16(23)11-21-10-13(4-6-17(21)24)27(25,26)22-7-1-2-8-22/h3-6,9-10H,1-2,7-8,11H2,(H,20,23). The van der Waals surface area contributed by atoms with Gasteiger partial charge < -0.3 is 9.88 Å². The fraction of sp³-hybridized carbons (Fsp3) is 0.294. The maximum atomic E-state index is 13.7. The third-order valence-corrected chi connectivity index (χ3v) is 6.29. The van der Waals surface area contributed by atoms with Crippen LogP contribution in [0.3, 0.4) is 0 Å². The highest BCUT2D eigenvalue weighted by atomic mass is 35.5. The summed E-state index contributed by atoms with van der Waals surface area (Å²) >= 11 is 5.77. The number of amides is 1. The first-order chi connectivity index (χ1) is 12.8. The Hall–Kier alpha value is -2.23. The molecule has 0 atom stereocenters. The Kier molecular flexibility index (Phi) is 5.64. The molecule has 1 aliphatic heterocycles. The van der Waals surface area contributed by atoms with Crippen LogP contribution in [0.4, 0.5) is 10.1 Å². The summed E-state index contributed by atoms with van der Waals surface area (Å²) in [4.78, 5) is 24.1. The first kappa shape index (κ1) is 19.5. The molecule has 0 aliphatic carbocycles. The highest BCUT2D eigenvalue weighted by Gasteiger charge is 2.27. The van der Waals surface area contributed by atoms with Crippen molar-refractivity contribution in [3.8, 4) is 0 Å². The van der Waals surface area contributed by atoms with Gasteiger partial charge in [-0.25, -0.2) is 12.8 Å². The topological polar surface area (TPSA) is 88.5 Å². The van der Waals surface area contributed by atoms with Crippen LogP contribution in [-0.2, 0) is 21.4 Å². The molecule has 3 rings (SSSR count). The third-order valence-electron chi connectivity index (χ3n) is 4.18. The molecule has 0 unspecified atom stereocenters. The Morgan fingerprint density at radius 1 is 1.19 bits per heavy atom. The molecule has 1 aromatic heterocycles. The average molecular weight is 414 g/mol. The lowest BCUT2D eigenvalue weighted by Gasteiger charge is -2.16. The van der Waals surface area contributed by atoms with Gasteiger partial charge in [0.25, 0.3) is 5.56 Å². The molecule has 1 fully saturated rings. The normalized spacial score (nSPS) is 15.0. The van der Waals surface area contributed by atoms with Crippen molar-refractivity contribution in [1.29, 1.82) is 0 Å². The first-order valence-electron chi connectivity index (χ1n) is 8.23. The van der Waals surface area contributed by atoms with E-state index in [1.54, 1.807) is 0 Å². The maximum Gasteiger partial charge on any atom is 0.251 e. The second-order valence-corrected chi connectivity index (χ2v) is 8.49. The lowest BCUT2D eigenvalue weighted by atomic mass is 10.3. The lowest BCUT2D eigenvalue weighted by Crippen LogP contribution is -2.31. The minimum absolute atomic E-state index is 0.0641. The van der Waals surface area contributed by atoms with Crippen LogP contribution in [0.2, 0.25) is 5.02 Å². The molecule has 144 valence electrons. The molecular formula is C17H17ClFN3O4S. The van der Waals surface area contributed by atoms with E-state index in [0.717, 1.165) is 35.7 Å². The number of hydrogen-bond donors (Lipinski definition) is 1. The largest absolute Gasteiger partial charge is 0.322 e. The number of nitrogens with one attached hydrogen (secondary N) is 1. The molecule has 1 amide bonds. The number of sulfonamides is 1. The molecule has 7 nitrogen and oxygen atoms in total. The first-order valence-corrected chi connectivity index (χ1v) is 10.0. The number of hydrogen-bond acceptors (Lipinski definition) is 4. The molecule has 0 saturated carbocycles. The van der Waals surface area contributed by atoms with Gasteiger partial charge in [0, 0.05) is 30.4 Å². The van der Waals surface area contributed by atoms with Crippen molar-refractivity contribution in [1.82, 2.24) is 8.87 Å². The van der Waals surface area contributed by atoms with E-state index in [2.05, 4.69) is 5.32 Å². The summed E-state index contributed by atoms with van der Waals surface area (Å²) in [6.45, 7) is 0.389. The smallest absolute Gasteiger partial charge is 0.251 e. The number of anilines is 1. The number of aromatic nitrogens is 1. The number of benzene rings is 1. The number of carbonyl (C=O) groups is 1. The highest BCUT2D eigenvalue weighted by molar-refractivity contribution is 7.89. The Labute approximate surface area is 160 Å². The second-order valence-electron chi connectivity index (χ2n) is 6.11. The molecule has 0 spiro atoms. The van der Waals surface area contributed by atoms with Crippen LogP contribution in [-0.4, -0.2) is 36.3 Å². The number of carbonyl (C=O) groups excluding carboxylic acids is 1. The highest BCUT2D eigenvalue weighted by Crippen LogP contribution is 2.21. The minimum atomic E-state index is -3.72. The molecule has 1 N–H and O–H groups in total. The van der Waals surface area contributed by atoms with Gasteiger partial charge in [-0.1, -0.05) is 11.6 Å². The number of pyridine rings is 1. The van der Waals surface area contributed by atoms with E-state index in [1.165, 1.54) is 22.5 Å². The lowest BCUT2D eigenvalue weighted by molar-refractivity contribution is -0.116. The van der Waals surface area contributed by atoms with Gasteiger partial charge in [-0.2, -0.15) is 4.31 Å². The van der Waals surface area contributed by atoms with Crippen LogP contribution in [0, 0.1) is 5.82 Å². The summed E-state index contributed by atoms with van der Waals surface area (Å²) in [5.74, 6) is -1.36. The SMILES string of the molecule is O=C(Cn1cc(S(=O)(=O)N2CCCC2)ccc1=O)Nc1cc(Cl)ccc1F. The molecule has 10 heteroatoms. The van der Waals surface area contributed by atoms with E-state index in [4.69, 9.17) is 11.6 Å². The summed E-state index contributed by atoms with van der Waals surface area (Å²) in [5.41, 5.74) is -0.668. The zero-order chi connectivity index (χ0) is 19.6. The van der Waals surface area contributed by atoms with Crippen LogP contribution in [0.15, 0.2) is 46.2 Å². The van der Waals surface area contributed by atoms with Gasteiger partial charge in [-0.15, -0.1) is 0 Å². The summed E-state index contributed by atoms with van der Waals surface area (Å²) in [5, 5.41) is 2.56. The molecule has 0 radical (unpaired) electrons. The fourth-order valence-corrected chi connectivity index (χ4v) is 4.51.